The summed E-state index contributed by atoms with van der Waals surface area (Å²) in [6, 6.07) is 15.8. The number of carbonyl (C=O) groups is 1. The van der Waals surface area contributed by atoms with E-state index in [-0.39, 0.29) is 18.3 Å². The van der Waals surface area contributed by atoms with Crippen LogP contribution < -0.4 is 5.73 Å². The molecule has 2 aromatic heterocycles. The minimum Gasteiger partial charge on any atom is -0.398 e. The first kappa shape index (κ1) is 20.0. The molecule has 3 N–H and O–H groups in total. The molecule has 158 valence electrons. The summed E-state index contributed by atoms with van der Waals surface area (Å²) in [5.41, 5.74) is 12.5. The van der Waals surface area contributed by atoms with Crippen LogP contribution in [0.15, 0.2) is 54.9 Å². The minimum absolute atomic E-state index is 0.162. The van der Waals surface area contributed by atoms with E-state index in [0.717, 1.165) is 38.9 Å². The van der Waals surface area contributed by atoms with E-state index in [0.29, 0.717) is 17.8 Å². The fourth-order valence-corrected chi connectivity index (χ4v) is 4.38. The number of anilines is 1. The Balaban J connectivity index is 1.59. The zero-order valence-corrected chi connectivity index (χ0v) is 17.8. The number of nitrogens with zero attached hydrogens (tertiary/aromatic N) is 4. The van der Waals surface area contributed by atoms with Crippen LogP contribution in [0.5, 0.6) is 0 Å². The molecule has 0 bridgehead atoms. The standard InChI is InChI=1S/C24H19ClN6O/c25-9-14(10-26)12-31-13-19-17(4-5-20(27)22(19)24(31)32)15-3-6-21-18(8-15)23(30-29-21)16-2-1-7-28-11-16/h1-8,11,14H,9,12-13,27H2,(H,29,30). The highest BCUT2D eigenvalue weighted by Gasteiger charge is 2.33. The van der Waals surface area contributed by atoms with E-state index >= 15 is 0 Å². The van der Waals surface area contributed by atoms with E-state index < -0.39 is 5.92 Å². The first-order valence-electron chi connectivity index (χ1n) is 10.2. The third-order valence-electron chi connectivity index (χ3n) is 5.81. The lowest BCUT2D eigenvalue weighted by Crippen LogP contribution is -2.30. The number of amides is 1. The molecule has 0 spiro atoms. The van der Waals surface area contributed by atoms with Gasteiger partial charge in [-0.1, -0.05) is 12.1 Å². The second-order valence-electron chi connectivity index (χ2n) is 7.80. The van der Waals surface area contributed by atoms with Gasteiger partial charge in [0.1, 0.15) is 5.69 Å². The highest BCUT2D eigenvalue weighted by Crippen LogP contribution is 2.38. The monoisotopic (exact) mass is 442 g/mol. The number of nitrogens with two attached hydrogens (primary N) is 1. The average molecular weight is 443 g/mol. The molecule has 1 aliphatic rings. The summed E-state index contributed by atoms with van der Waals surface area (Å²) < 4.78 is 0. The number of pyridine rings is 1. The van der Waals surface area contributed by atoms with Crippen LogP contribution in [-0.4, -0.2) is 38.4 Å². The van der Waals surface area contributed by atoms with Crippen molar-refractivity contribution in [1.82, 2.24) is 20.1 Å². The van der Waals surface area contributed by atoms with E-state index in [2.05, 4.69) is 27.3 Å². The highest BCUT2D eigenvalue weighted by molar-refractivity contribution is 6.18. The van der Waals surface area contributed by atoms with Gasteiger partial charge in [0.05, 0.1) is 23.1 Å². The van der Waals surface area contributed by atoms with Crippen molar-refractivity contribution in [3.05, 3.63) is 66.0 Å². The van der Waals surface area contributed by atoms with Crippen molar-refractivity contribution in [3.8, 4) is 28.5 Å². The molecule has 7 nitrogen and oxygen atoms in total. The first-order valence-corrected chi connectivity index (χ1v) is 10.7. The number of nitriles is 1. The molecule has 5 rings (SSSR count). The van der Waals surface area contributed by atoms with Gasteiger partial charge in [0.25, 0.3) is 5.91 Å². The minimum atomic E-state index is -0.427. The molecule has 32 heavy (non-hydrogen) atoms. The van der Waals surface area contributed by atoms with Gasteiger partial charge in [-0.15, -0.1) is 11.6 Å². The van der Waals surface area contributed by atoms with E-state index in [1.54, 1.807) is 23.4 Å². The fraction of sp³-hybridized carbons (Fsp3) is 0.167. The number of aromatic amines is 1. The smallest absolute Gasteiger partial charge is 0.256 e. The number of benzene rings is 2. The lowest BCUT2D eigenvalue weighted by Gasteiger charge is -2.17. The Morgan fingerprint density at radius 2 is 2.12 bits per heavy atom. The summed E-state index contributed by atoms with van der Waals surface area (Å²) in [6.45, 7) is 0.667. The van der Waals surface area contributed by atoms with Crippen molar-refractivity contribution >= 4 is 34.1 Å². The van der Waals surface area contributed by atoms with Gasteiger partial charge in [0.15, 0.2) is 0 Å². The van der Waals surface area contributed by atoms with Crippen LogP contribution in [0.3, 0.4) is 0 Å². The quantitative estimate of drug-likeness (QED) is 0.355. The lowest BCUT2D eigenvalue weighted by molar-refractivity contribution is 0.0768. The summed E-state index contributed by atoms with van der Waals surface area (Å²) in [6.07, 6.45) is 3.51. The Morgan fingerprint density at radius 1 is 1.25 bits per heavy atom. The zero-order valence-electron chi connectivity index (χ0n) is 17.0. The zero-order chi connectivity index (χ0) is 22.2. The fourth-order valence-electron chi connectivity index (χ4n) is 4.22. The van der Waals surface area contributed by atoms with Crippen molar-refractivity contribution in [3.63, 3.8) is 0 Å². The topological polar surface area (TPSA) is 112 Å². The number of aromatic nitrogens is 3. The Bertz CT molecular complexity index is 1370. The van der Waals surface area contributed by atoms with Crippen LogP contribution in [0.25, 0.3) is 33.3 Å². The number of halogens is 1. The SMILES string of the molecule is N#CC(CCl)CN1Cc2c(-c3ccc4[nH]nc(-c5cccnc5)c4c3)ccc(N)c2C1=O. The lowest BCUT2D eigenvalue weighted by atomic mass is 9.94. The molecule has 2 aromatic carbocycles. The molecule has 1 atom stereocenters. The normalized spacial score (nSPS) is 13.9. The summed E-state index contributed by atoms with van der Waals surface area (Å²) in [5.74, 6) is -0.415. The summed E-state index contributed by atoms with van der Waals surface area (Å²) >= 11 is 5.88. The maximum atomic E-state index is 13.1. The van der Waals surface area contributed by atoms with Crippen LogP contribution in [0, 0.1) is 17.2 Å². The number of H-pyrrole nitrogens is 1. The van der Waals surface area contributed by atoms with E-state index in [4.69, 9.17) is 17.3 Å². The van der Waals surface area contributed by atoms with Gasteiger partial charge >= 0.3 is 0 Å². The number of hydrogen-bond donors (Lipinski definition) is 2. The summed E-state index contributed by atoms with van der Waals surface area (Å²) in [7, 11) is 0. The van der Waals surface area contributed by atoms with Gasteiger partial charge in [-0.3, -0.25) is 14.9 Å². The first-order chi connectivity index (χ1) is 15.6. The molecule has 1 aliphatic heterocycles. The molecule has 1 amide bonds. The van der Waals surface area contributed by atoms with Crippen LogP contribution in [-0.2, 0) is 6.54 Å². The molecule has 4 aromatic rings. The molecular weight excluding hydrogens is 424 g/mol. The number of hydrogen-bond acceptors (Lipinski definition) is 5. The van der Waals surface area contributed by atoms with Crippen molar-refractivity contribution in [2.45, 2.75) is 6.54 Å². The average Bonchev–Trinajstić information content (AvgIpc) is 3.39. The van der Waals surface area contributed by atoms with Gasteiger partial charge in [-0.2, -0.15) is 10.4 Å². The maximum absolute atomic E-state index is 13.1. The van der Waals surface area contributed by atoms with Gasteiger partial charge in [0, 0.05) is 48.0 Å². The van der Waals surface area contributed by atoms with Crippen LogP contribution in [0.4, 0.5) is 5.69 Å². The Morgan fingerprint density at radius 3 is 2.88 bits per heavy atom. The summed E-state index contributed by atoms with van der Waals surface area (Å²) in [4.78, 5) is 18.9. The van der Waals surface area contributed by atoms with Gasteiger partial charge in [-0.05, 0) is 47.0 Å². The molecule has 0 saturated carbocycles. The molecule has 0 saturated heterocycles. The van der Waals surface area contributed by atoms with Gasteiger partial charge < -0.3 is 10.6 Å². The van der Waals surface area contributed by atoms with Gasteiger partial charge in [-0.25, -0.2) is 0 Å². The van der Waals surface area contributed by atoms with Crippen LogP contribution >= 0.6 is 11.6 Å². The van der Waals surface area contributed by atoms with E-state index in [1.165, 1.54) is 0 Å². The molecule has 0 radical (unpaired) electrons. The Hall–Kier alpha value is -3.89. The number of fused-ring (bicyclic) bond motifs is 2. The third kappa shape index (κ3) is 3.26. The number of alkyl halides is 1. The van der Waals surface area contributed by atoms with Crippen molar-refractivity contribution in [2.75, 3.05) is 18.2 Å². The molecule has 8 heteroatoms. The molecule has 0 aliphatic carbocycles. The Kier molecular flexibility index (Phi) is 5.00. The molecular formula is C24H19ClN6O. The molecule has 3 heterocycles. The van der Waals surface area contributed by atoms with E-state index in [1.807, 2.05) is 30.3 Å². The second-order valence-corrected chi connectivity index (χ2v) is 8.10. The predicted octanol–water partition coefficient (Wildman–Crippen LogP) is 4.21. The van der Waals surface area contributed by atoms with Crippen LogP contribution in [0.2, 0.25) is 0 Å². The van der Waals surface area contributed by atoms with Crippen molar-refractivity contribution in [2.24, 2.45) is 5.92 Å². The van der Waals surface area contributed by atoms with Crippen molar-refractivity contribution < 1.29 is 4.79 Å². The maximum Gasteiger partial charge on any atom is 0.256 e. The van der Waals surface area contributed by atoms with E-state index in [9.17, 15) is 10.1 Å². The third-order valence-corrected chi connectivity index (χ3v) is 6.19. The van der Waals surface area contributed by atoms with Crippen molar-refractivity contribution in [1.29, 1.82) is 5.26 Å². The Labute approximate surface area is 189 Å². The predicted molar refractivity (Wildman–Crippen MR) is 124 cm³/mol. The largest absolute Gasteiger partial charge is 0.398 e. The molecule has 0 fully saturated rings. The molecule has 1 unspecified atom stereocenters. The summed E-state index contributed by atoms with van der Waals surface area (Å²) in [5, 5.41) is 17.8. The van der Waals surface area contributed by atoms with Gasteiger partial charge in [0.2, 0.25) is 0 Å². The number of rotatable bonds is 5. The number of nitrogens with one attached hydrogen (secondary N) is 1. The number of nitrogen functional groups attached to an aromatic ring is 1. The second kappa shape index (κ2) is 7.98. The number of carbonyl (C=O) groups excluding carboxylic acids is 1. The highest BCUT2D eigenvalue weighted by atomic mass is 35.5. The van der Waals surface area contributed by atoms with Crippen LogP contribution in [0.1, 0.15) is 15.9 Å².